The first-order chi connectivity index (χ1) is 8.52. The highest BCUT2D eigenvalue weighted by Gasteiger charge is 2.20. The number of rotatable bonds is 3. The van der Waals surface area contributed by atoms with Crippen molar-refractivity contribution in [1.29, 1.82) is 0 Å². The lowest BCUT2D eigenvalue weighted by Crippen LogP contribution is -2.15. The molecular weight excluding hydrogens is 236 g/mol. The average molecular weight is 251 g/mol. The van der Waals surface area contributed by atoms with E-state index < -0.39 is 11.6 Å². The van der Waals surface area contributed by atoms with Crippen molar-refractivity contribution in [3.8, 4) is 0 Å². The van der Waals surface area contributed by atoms with Crippen LogP contribution < -0.4 is 5.32 Å². The van der Waals surface area contributed by atoms with E-state index in [1.807, 2.05) is 13.8 Å². The summed E-state index contributed by atoms with van der Waals surface area (Å²) in [6, 6.07) is 2.42. The van der Waals surface area contributed by atoms with Crippen LogP contribution >= 0.6 is 0 Å². The summed E-state index contributed by atoms with van der Waals surface area (Å²) in [5.74, 6) is -1.79. The molecule has 0 saturated heterocycles. The molecule has 0 bridgehead atoms. The van der Waals surface area contributed by atoms with E-state index in [4.69, 9.17) is 0 Å². The Balaban J connectivity index is 2.54. The number of halogens is 2. The molecule has 1 heterocycles. The first kappa shape index (κ1) is 12.7. The molecule has 0 aliphatic carbocycles. The number of hydrogen-bond donors (Lipinski definition) is 1. The second-order valence-electron chi connectivity index (χ2n) is 4.55. The van der Waals surface area contributed by atoms with Crippen LogP contribution in [0.4, 0.5) is 8.78 Å². The van der Waals surface area contributed by atoms with Crippen molar-refractivity contribution in [3.63, 3.8) is 0 Å². The number of hydrogen-bond acceptors (Lipinski definition) is 1. The summed E-state index contributed by atoms with van der Waals surface area (Å²) >= 11 is 0. The van der Waals surface area contributed by atoms with E-state index >= 15 is 0 Å². The number of nitrogens with one attached hydrogen (secondary N) is 1. The van der Waals surface area contributed by atoms with Crippen molar-refractivity contribution < 1.29 is 13.6 Å². The quantitative estimate of drug-likeness (QED) is 0.879. The molecule has 0 saturated carbocycles. The van der Waals surface area contributed by atoms with Crippen LogP contribution in [0.2, 0.25) is 0 Å². The molecule has 0 spiro atoms. The van der Waals surface area contributed by atoms with Crippen LogP contribution in [0.15, 0.2) is 18.2 Å². The molecule has 0 aromatic heterocycles. The topological polar surface area (TPSA) is 29.1 Å². The standard InChI is InChI=1S/C14H15F2NO/c1-3-8(2)10-5-12(15)13(16)6-11(10)9-4-14(18)17-7-9/h4-6,8H,3,7H2,1-2H3,(H,17,18). The van der Waals surface area contributed by atoms with E-state index in [2.05, 4.69) is 5.32 Å². The molecule has 4 heteroatoms. The highest BCUT2D eigenvalue weighted by molar-refractivity contribution is 6.00. The third-order valence-corrected chi connectivity index (χ3v) is 3.34. The van der Waals surface area contributed by atoms with Crippen LogP contribution in [0.25, 0.3) is 5.57 Å². The summed E-state index contributed by atoms with van der Waals surface area (Å²) in [7, 11) is 0. The van der Waals surface area contributed by atoms with Gasteiger partial charge in [0.15, 0.2) is 11.6 Å². The van der Waals surface area contributed by atoms with E-state index in [-0.39, 0.29) is 11.8 Å². The number of benzene rings is 1. The lowest BCUT2D eigenvalue weighted by atomic mass is 9.90. The molecule has 1 aromatic carbocycles. The molecule has 1 unspecified atom stereocenters. The minimum absolute atomic E-state index is 0.117. The van der Waals surface area contributed by atoms with Gasteiger partial charge in [0.1, 0.15) is 0 Å². The van der Waals surface area contributed by atoms with Gasteiger partial charge in [0.25, 0.3) is 0 Å². The maximum atomic E-state index is 13.4. The zero-order chi connectivity index (χ0) is 13.3. The van der Waals surface area contributed by atoms with Gasteiger partial charge in [-0.25, -0.2) is 8.78 Å². The van der Waals surface area contributed by atoms with E-state index in [1.165, 1.54) is 18.2 Å². The Hall–Kier alpha value is -1.71. The molecule has 2 nitrogen and oxygen atoms in total. The van der Waals surface area contributed by atoms with Gasteiger partial charge in [0, 0.05) is 12.6 Å². The maximum Gasteiger partial charge on any atom is 0.244 e. The number of carbonyl (C=O) groups excluding carboxylic acids is 1. The lowest BCUT2D eigenvalue weighted by molar-refractivity contribution is -0.115. The van der Waals surface area contributed by atoms with Crippen molar-refractivity contribution in [1.82, 2.24) is 5.32 Å². The van der Waals surface area contributed by atoms with E-state index in [0.717, 1.165) is 12.0 Å². The Morgan fingerprint density at radius 3 is 2.56 bits per heavy atom. The molecule has 1 aromatic rings. The summed E-state index contributed by atoms with van der Waals surface area (Å²) < 4.78 is 26.7. The maximum absolute atomic E-state index is 13.4. The highest BCUT2D eigenvalue weighted by atomic mass is 19.2. The van der Waals surface area contributed by atoms with E-state index in [0.29, 0.717) is 17.7 Å². The van der Waals surface area contributed by atoms with Crippen LogP contribution in [0, 0.1) is 11.6 Å². The summed E-state index contributed by atoms with van der Waals surface area (Å²) in [4.78, 5) is 11.2. The smallest absolute Gasteiger partial charge is 0.244 e. The van der Waals surface area contributed by atoms with Gasteiger partial charge in [-0.2, -0.15) is 0 Å². The molecule has 0 fully saturated rings. The van der Waals surface area contributed by atoms with Gasteiger partial charge in [-0.1, -0.05) is 13.8 Å². The summed E-state index contributed by atoms with van der Waals surface area (Å²) in [6.45, 7) is 4.32. The number of carbonyl (C=O) groups is 1. The Labute approximate surface area is 105 Å². The second-order valence-corrected chi connectivity index (χ2v) is 4.55. The SMILES string of the molecule is CCC(C)c1cc(F)c(F)cc1C1=CC(=O)NC1. The third-order valence-electron chi connectivity index (χ3n) is 3.34. The van der Waals surface area contributed by atoms with Crippen molar-refractivity contribution >= 4 is 11.5 Å². The second kappa shape index (κ2) is 4.88. The third kappa shape index (κ3) is 2.28. The van der Waals surface area contributed by atoms with Crippen LogP contribution in [0.3, 0.4) is 0 Å². The molecule has 1 N–H and O–H groups in total. The van der Waals surface area contributed by atoms with Crippen molar-refractivity contribution in [2.75, 3.05) is 6.54 Å². The highest BCUT2D eigenvalue weighted by Crippen LogP contribution is 2.30. The van der Waals surface area contributed by atoms with E-state index in [9.17, 15) is 13.6 Å². The molecule has 1 atom stereocenters. The average Bonchev–Trinajstić information content (AvgIpc) is 2.77. The zero-order valence-electron chi connectivity index (χ0n) is 10.4. The summed E-state index contributed by atoms with van der Waals surface area (Å²) in [6.07, 6.45) is 2.27. The van der Waals surface area contributed by atoms with Gasteiger partial charge < -0.3 is 5.32 Å². The molecule has 1 amide bonds. The van der Waals surface area contributed by atoms with Crippen molar-refractivity contribution in [2.45, 2.75) is 26.2 Å². The van der Waals surface area contributed by atoms with Crippen molar-refractivity contribution in [2.24, 2.45) is 0 Å². The molecular formula is C14H15F2NO. The first-order valence-electron chi connectivity index (χ1n) is 6.00. The molecule has 1 aliphatic heterocycles. The van der Waals surface area contributed by atoms with Crippen LogP contribution in [-0.2, 0) is 4.79 Å². The fourth-order valence-electron chi connectivity index (χ4n) is 2.08. The van der Waals surface area contributed by atoms with Crippen LogP contribution in [0.5, 0.6) is 0 Å². The molecule has 2 rings (SSSR count). The van der Waals surface area contributed by atoms with Gasteiger partial charge in [-0.05, 0) is 41.2 Å². The predicted molar refractivity (Wildman–Crippen MR) is 66.1 cm³/mol. The summed E-state index contributed by atoms with van der Waals surface area (Å²) in [5, 5.41) is 2.64. The molecule has 0 radical (unpaired) electrons. The molecule has 18 heavy (non-hydrogen) atoms. The minimum atomic E-state index is -0.877. The van der Waals surface area contributed by atoms with Gasteiger partial charge >= 0.3 is 0 Å². The van der Waals surface area contributed by atoms with Crippen LogP contribution in [0.1, 0.15) is 37.3 Å². The largest absolute Gasteiger partial charge is 0.348 e. The normalized spacial score (nSPS) is 16.4. The fourth-order valence-corrected chi connectivity index (χ4v) is 2.08. The molecule has 1 aliphatic rings. The monoisotopic (exact) mass is 251 g/mol. The van der Waals surface area contributed by atoms with E-state index in [1.54, 1.807) is 0 Å². The van der Waals surface area contributed by atoms with Crippen molar-refractivity contribution in [3.05, 3.63) is 41.0 Å². The Bertz CT molecular complexity index is 523. The Morgan fingerprint density at radius 2 is 2.00 bits per heavy atom. The zero-order valence-corrected chi connectivity index (χ0v) is 10.4. The van der Waals surface area contributed by atoms with Gasteiger partial charge in [0.2, 0.25) is 5.91 Å². The lowest BCUT2D eigenvalue weighted by Gasteiger charge is -2.16. The summed E-state index contributed by atoms with van der Waals surface area (Å²) in [5.41, 5.74) is 2.09. The minimum Gasteiger partial charge on any atom is -0.348 e. The Kier molecular flexibility index (Phi) is 3.45. The fraction of sp³-hybridized carbons (Fsp3) is 0.357. The van der Waals surface area contributed by atoms with Gasteiger partial charge in [-0.3, -0.25) is 4.79 Å². The van der Waals surface area contributed by atoms with Crippen LogP contribution in [-0.4, -0.2) is 12.5 Å². The molecule has 96 valence electrons. The van der Waals surface area contributed by atoms with Gasteiger partial charge in [-0.15, -0.1) is 0 Å². The first-order valence-corrected chi connectivity index (χ1v) is 6.00. The predicted octanol–water partition coefficient (Wildman–Crippen LogP) is 2.99. The van der Waals surface area contributed by atoms with Gasteiger partial charge in [0.05, 0.1) is 0 Å². The Morgan fingerprint density at radius 1 is 1.33 bits per heavy atom. The number of amides is 1.